The van der Waals surface area contributed by atoms with Crippen molar-refractivity contribution < 1.29 is 32.7 Å². The number of H-pyrrole nitrogens is 1. The fourth-order valence-corrected chi connectivity index (χ4v) is 13.8. The summed E-state index contributed by atoms with van der Waals surface area (Å²) in [6, 6.07) is 23.0. The number of aliphatic hydroxyl groups is 1. The summed E-state index contributed by atoms with van der Waals surface area (Å²) >= 11 is 0. The van der Waals surface area contributed by atoms with Crippen molar-refractivity contribution in [3.8, 4) is 0 Å². The monoisotopic (exact) mass is 1020 g/mol. The lowest BCUT2D eigenvalue weighted by Gasteiger charge is -2.57. The maximum absolute atomic E-state index is 14.7. The highest BCUT2D eigenvalue weighted by molar-refractivity contribution is 7.90. The van der Waals surface area contributed by atoms with Crippen LogP contribution in [0.1, 0.15) is 112 Å². The van der Waals surface area contributed by atoms with Gasteiger partial charge >= 0.3 is 0 Å². The van der Waals surface area contributed by atoms with E-state index in [0.29, 0.717) is 76.4 Å². The molecule has 5 aromatic rings. The Bertz CT molecular complexity index is 2970. The number of benzene rings is 3. The lowest BCUT2D eigenvalue weighted by Crippen LogP contribution is -2.58. The Balaban J connectivity index is 0.864. The van der Waals surface area contributed by atoms with E-state index in [9.17, 15) is 28.4 Å². The van der Waals surface area contributed by atoms with Gasteiger partial charge < -0.3 is 39.6 Å². The van der Waals surface area contributed by atoms with Gasteiger partial charge in [-0.25, -0.2) is 18.1 Å². The highest BCUT2D eigenvalue weighted by Crippen LogP contribution is 2.54. The van der Waals surface area contributed by atoms with Crippen molar-refractivity contribution in [1.82, 2.24) is 19.6 Å². The molecule has 5 fully saturated rings. The standard InChI is InChI=1S/C55H69N9O8S/c1-36(2)43-6-4-5-7-44(43)50-35-72-26-24-61(50)41-31-55(32-41)18-22-60(23-19-55)39-8-10-45(47(29-39)63-21-15-40-34-71-27-25-62(40)52-49(63)28-38-14-20-56-51(38)58-52)53(65)59-73(69,70)42-9-11-46(48(30-42)64(67)68)57-33-37-12-16-54(3,66)17-13-37/h4-11,14,20,28-30,36-37,40-41,50,57,66H,12-13,15-19,21-27,31-35H2,1-3H3,(H,56,58)(H,59,65)/t37?,40-,50-,54?/m0/s1. The summed E-state index contributed by atoms with van der Waals surface area (Å²) in [5.74, 6) is 0.546. The number of hydrogen-bond acceptors (Lipinski definition) is 14. The van der Waals surface area contributed by atoms with Crippen molar-refractivity contribution in [2.24, 2.45) is 11.3 Å². The van der Waals surface area contributed by atoms with E-state index in [0.717, 1.165) is 99.1 Å². The zero-order valence-corrected chi connectivity index (χ0v) is 43.0. The van der Waals surface area contributed by atoms with Crippen LogP contribution in [0.2, 0.25) is 0 Å². The van der Waals surface area contributed by atoms with E-state index in [2.05, 4.69) is 78.8 Å². The van der Waals surface area contributed by atoms with E-state index in [1.807, 2.05) is 31.3 Å². The number of aromatic nitrogens is 2. The quantitative estimate of drug-likeness (QED) is 0.0684. The van der Waals surface area contributed by atoms with Crippen molar-refractivity contribution in [1.29, 1.82) is 0 Å². The lowest BCUT2D eigenvalue weighted by molar-refractivity contribution is -0.384. The first-order valence-electron chi connectivity index (χ1n) is 26.4. The Labute approximate surface area is 427 Å². The van der Waals surface area contributed by atoms with E-state index < -0.39 is 37.0 Å². The van der Waals surface area contributed by atoms with E-state index in [-0.39, 0.29) is 34.7 Å². The molecular weight excluding hydrogens is 947 g/mol. The third-order valence-corrected chi connectivity index (χ3v) is 18.4. The topological polar surface area (TPSA) is 199 Å². The number of morpholine rings is 2. The van der Waals surface area contributed by atoms with Crippen LogP contribution in [-0.4, -0.2) is 123 Å². The normalized spacial score (nSPS) is 24.7. The van der Waals surface area contributed by atoms with Crippen LogP contribution in [0.25, 0.3) is 11.0 Å². The Kier molecular flexibility index (Phi) is 13.4. The molecule has 18 heteroatoms. The average Bonchev–Trinajstić information content (AvgIpc) is 3.78. The summed E-state index contributed by atoms with van der Waals surface area (Å²) in [6.45, 7) is 13.1. The average molecular weight is 1020 g/mol. The van der Waals surface area contributed by atoms with Crippen molar-refractivity contribution >= 4 is 61.2 Å². The summed E-state index contributed by atoms with van der Waals surface area (Å²) in [6.07, 6.45) is 9.75. The summed E-state index contributed by atoms with van der Waals surface area (Å²) in [5, 5.41) is 26.8. The van der Waals surface area contributed by atoms with Crippen LogP contribution in [0.5, 0.6) is 0 Å². The molecule has 6 heterocycles. The summed E-state index contributed by atoms with van der Waals surface area (Å²) in [4.78, 5) is 44.0. The molecule has 1 spiro atoms. The minimum Gasteiger partial charge on any atom is -0.390 e. The van der Waals surface area contributed by atoms with Gasteiger partial charge in [-0.3, -0.25) is 19.8 Å². The van der Waals surface area contributed by atoms with Crippen molar-refractivity contribution in [2.75, 3.05) is 85.7 Å². The number of piperidine rings is 1. The van der Waals surface area contributed by atoms with Crippen LogP contribution in [0.15, 0.2) is 83.9 Å². The lowest BCUT2D eigenvalue weighted by atomic mass is 9.59. The molecule has 0 unspecified atom stereocenters. The maximum atomic E-state index is 14.7. The van der Waals surface area contributed by atoms with Crippen molar-refractivity contribution in [3.63, 3.8) is 0 Å². The first kappa shape index (κ1) is 49.4. The number of pyridine rings is 1. The number of amides is 1. The van der Waals surface area contributed by atoms with Crippen molar-refractivity contribution in [3.05, 3.63) is 106 Å². The molecule has 2 saturated carbocycles. The maximum Gasteiger partial charge on any atom is 0.293 e. The van der Waals surface area contributed by atoms with E-state index in [1.165, 1.54) is 23.3 Å². The fraction of sp³-hybridized carbons (Fsp3) is 0.527. The molecule has 0 bridgehead atoms. The molecule has 4 aliphatic heterocycles. The molecule has 2 aliphatic carbocycles. The third-order valence-electron chi connectivity index (χ3n) is 17.1. The van der Waals surface area contributed by atoms with Crippen LogP contribution >= 0.6 is 0 Å². The van der Waals surface area contributed by atoms with Gasteiger partial charge in [0.25, 0.3) is 21.6 Å². The van der Waals surface area contributed by atoms with Crippen LogP contribution in [-0.2, 0) is 19.5 Å². The molecule has 2 atom stereocenters. The molecule has 0 radical (unpaired) electrons. The van der Waals surface area contributed by atoms with E-state index in [1.54, 1.807) is 6.07 Å². The number of anilines is 5. The highest BCUT2D eigenvalue weighted by Gasteiger charge is 2.50. The minimum atomic E-state index is -4.60. The van der Waals surface area contributed by atoms with Gasteiger partial charge in [0.15, 0.2) is 5.82 Å². The number of carbonyl (C=O) groups is 1. The van der Waals surface area contributed by atoms with Gasteiger partial charge in [-0.2, -0.15) is 0 Å². The number of fused-ring (bicyclic) bond motifs is 4. The zero-order valence-electron chi connectivity index (χ0n) is 42.2. The predicted octanol–water partition coefficient (Wildman–Crippen LogP) is 8.64. The summed E-state index contributed by atoms with van der Waals surface area (Å²) in [7, 11) is -4.60. The number of sulfonamides is 1. The summed E-state index contributed by atoms with van der Waals surface area (Å²) in [5.41, 5.74) is 5.28. The molecule has 17 nitrogen and oxygen atoms in total. The number of nitro benzene ring substituents is 1. The van der Waals surface area contributed by atoms with Gasteiger partial charge in [0.1, 0.15) is 11.3 Å². The molecule has 3 saturated heterocycles. The first-order valence-corrected chi connectivity index (χ1v) is 27.9. The number of hydrogen-bond donors (Lipinski definition) is 4. The van der Waals surface area contributed by atoms with E-state index >= 15 is 0 Å². The molecule has 6 aliphatic rings. The molecule has 1 amide bonds. The SMILES string of the molecule is CC(C)c1ccccc1[C@@H]1COCCN1C1CC2(CCN(c3ccc(C(=O)NS(=O)(=O)c4ccc(NCC5CCC(C)(O)CC5)c([N+](=O)[O-])c4)c(N4CC[C@H]5COCCN5c5nc6[nH]ccc6cc54)c3)CC2)C1. The number of carbonyl (C=O) groups excluding carboxylic acids is 1. The molecule has 3 aromatic carbocycles. The van der Waals surface area contributed by atoms with Crippen LogP contribution < -0.4 is 24.7 Å². The second kappa shape index (κ2) is 19.8. The predicted molar refractivity (Wildman–Crippen MR) is 283 cm³/mol. The highest BCUT2D eigenvalue weighted by atomic mass is 32.2. The third kappa shape index (κ3) is 9.88. The Morgan fingerprint density at radius 2 is 1.67 bits per heavy atom. The molecule has 388 valence electrons. The smallest absolute Gasteiger partial charge is 0.293 e. The zero-order chi connectivity index (χ0) is 50.6. The van der Waals surface area contributed by atoms with E-state index in [4.69, 9.17) is 14.5 Å². The van der Waals surface area contributed by atoms with Crippen LogP contribution in [0.4, 0.5) is 34.3 Å². The van der Waals surface area contributed by atoms with Gasteiger partial charge in [0.2, 0.25) is 0 Å². The van der Waals surface area contributed by atoms with Gasteiger partial charge in [0.05, 0.1) is 70.9 Å². The summed E-state index contributed by atoms with van der Waals surface area (Å²) < 4.78 is 42.8. The number of nitrogens with zero attached hydrogens (tertiary/aromatic N) is 6. The van der Waals surface area contributed by atoms with Gasteiger partial charge in [-0.05, 0) is 136 Å². The van der Waals surface area contributed by atoms with Crippen molar-refractivity contribution in [2.45, 2.75) is 113 Å². The molecular formula is C55H69N9O8S. The second-order valence-electron chi connectivity index (χ2n) is 22.2. The molecule has 2 aromatic heterocycles. The first-order chi connectivity index (χ1) is 35.1. The largest absolute Gasteiger partial charge is 0.390 e. The number of rotatable bonds is 12. The second-order valence-corrected chi connectivity index (χ2v) is 23.8. The number of ether oxygens (including phenoxy) is 2. The molecule has 11 rings (SSSR count). The van der Waals surface area contributed by atoms with Gasteiger partial charge in [-0.1, -0.05) is 38.1 Å². The van der Waals surface area contributed by atoms with Crippen LogP contribution in [0.3, 0.4) is 0 Å². The minimum absolute atomic E-state index is 0.0350. The molecule has 73 heavy (non-hydrogen) atoms. The van der Waals surface area contributed by atoms with Gasteiger partial charge in [0, 0.05) is 68.6 Å². The Hall–Kier alpha value is -5.79. The number of nitrogens with one attached hydrogen (secondary N) is 3. The van der Waals surface area contributed by atoms with Crippen LogP contribution in [0, 0.1) is 21.4 Å². The fourth-order valence-electron chi connectivity index (χ4n) is 12.8. The molecule has 4 N–H and O–H groups in total. The Morgan fingerprint density at radius 3 is 2.45 bits per heavy atom. The Morgan fingerprint density at radius 1 is 0.904 bits per heavy atom. The number of aromatic amines is 1. The van der Waals surface area contributed by atoms with Gasteiger partial charge in [-0.15, -0.1) is 0 Å². The number of nitro groups is 1.